The fourth-order valence-corrected chi connectivity index (χ4v) is 4.30. The fourth-order valence-electron chi connectivity index (χ4n) is 4.30. The summed E-state index contributed by atoms with van der Waals surface area (Å²) in [6, 6.07) is 15.4. The molecule has 0 fully saturated rings. The summed E-state index contributed by atoms with van der Waals surface area (Å²) in [5.74, 6) is -2.42. The van der Waals surface area contributed by atoms with Crippen LogP contribution in [0.4, 0.5) is 13.2 Å². The van der Waals surface area contributed by atoms with E-state index in [1.54, 1.807) is 30.3 Å². The Morgan fingerprint density at radius 1 is 0.971 bits per heavy atom. The van der Waals surface area contributed by atoms with Gasteiger partial charge in [0.15, 0.2) is 5.43 Å². The summed E-state index contributed by atoms with van der Waals surface area (Å²) in [7, 11) is 0. The van der Waals surface area contributed by atoms with Gasteiger partial charge in [0.05, 0.1) is 28.0 Å². The highest BCUT2D eigenvalue weighted by atomic mass is 19.4. The van der Waals surface area contributed by atoms with Gasteiger partial charge in [0.1, 0.15) is 17.1 Å². The zero-order chi connectivity index (χ0) is 24.2. The van der Waals surface area contributed by atoms with Crippen LogP contribution in [-0.2, 0) is 11.0 Å². The molecule has 5 nitrogen and oxygen atoms in total. The minimum absolute atomic E-state index is 0.0744. The van der Waals surface area contributed by atoms with E-state index in [1.807, 2.05) is 0 Å². The number of phenols is 1. The predicted molar refractivity (Wildman–Crippen MR) is 118 cm³/mol. The van der Waals surface area contributed by atoms with E-state index in [-0.39, 0.29) is 39.2 Å². The van der Waals surface area contributed by atoms with E-state index in [0.29, 0.717) is 5.56 Å². The molecule has 1 aliphatic rings. The largest absolute Gasteiger partial charge is 0.508 e. The zero-order valence-corrected chi connectivity index (χ0v) is 17.3. The molecule has 34 heavy (non-hydrogen) atoms. The Morgan fingerprint density at radius 3 is 2.38 bits per heavy atom. The first-order chi connectivity index (χ1) is 16.1. The summed E-state index contributed by atoms with van der Waals surface area (Å²) in [6.07, 6.45) is -3.63. The van der Waals surface area contributed by atoms with Crippen LogP contribution in [0.25, 0.3) is 22.6 Å². The van der Waals surface area contributed by atoms with Gasteiger partial charge in [-0.15, -0.1) is 0 Å². The Balaban J connectivity index is 1.94. The number of halogens is 3. The fraction of sp³-hybridized carbons (Fsp3) is 0.0769. The van der Waals surface area contributed by atoms with Crippen LogP contribution in [0, 0.1) is 0 Å². The second kappa shape index (κ2) is 7.62. The van der Waals surface area contributed by atoms with Gasteiger partial charge in [-0.3, -0.25) is 4.79 Å². The predicted octanol–water partition coefficient (Wildman–Crippen LogP) is 5.64. The zero-order valence-electron chi connectivity index (χ0n) is 17.3. The Bertz CT molecular complexity index is 1550. The second-order valence-corrected chi connectivity index (χ2v) is 7.90. The number of carboxylic acid groups (broad SMARTS) is 1. The van der Waals surface area contributed by atoms with Crippen molar-refractivity contribution >= 4 is 28.6 Å². The molecule has 1 heterocycles. The van der Waals surface area contributed by atoms with Gasteiger partial charge in [-0.1, -0.05) is 36.4 Å². The van der Waals surface area contributed by atoms with Crippen molar-refractivity contribution in [3.05, 3.63) is 111 Å². The third kappa shape index (κ3) is 3.44. The molecule has 1 unspecified atom stereocenters. The van der Waals surface area contributed by atoms with Gasteiger partial charge in [-0.05, 0) is 47.0 Å². The molecule has 0 bridgehead atoms. The van der Waals surface area contributed by atoms with Crippen molar-refractivity contribution in [2.24, 2.45) is 0 Å². The summed E-state index contributed by atoms with van der Waals surface area (Å²) < 4.78 is 46.6. The van der Waals surface area contributed by atoms with Gasteiger partial charge < -0.3 is 14.6 Å². The first-order valence-corrected chi connectivity index (χ1v) is 10.2. The summed E-state index contributed by atoms with van der Waals surface area (Å²) in [6.45, 7) is 0. The summed E-state index contributed by atoms with van der Waals surface area (Å²) in [5, 5.41) is 19.9. The van der Waals surface area contributed by atoms with Crippen LogP contribution < -0.4 is 5.43 Å². The summed E-state index contributed by atoms with van der Waals surface area (Å²) >= 11 is 0. The summed E-state index contributed by atoms with van der Waals surface area (Å²) in [5.41, 5.74) is -1.34. The molecule has 0 saturated heterocycles. The minimum atomic E-state index is -4.69. The van der Waals surface area contributed by atoms with Gasteiger partial charge in [0.2, 0.25) is 0 Å². The van der Waals surface area contributed by atoms with Gasteiger partial charge in [-0.25, -0.2) is 4.79 Å². The van der Waals surface area contributed by atoms with E-state index in [1.165, 1.54) is 24.3 Å². The standard InChI is InChI=1S/C26H15F3O5/c27-26(28,29)14-6-8-16-18(10-14)19(25(32)33)12-20-23(31)17-9-7-15(30)11-21(17)34-24(20)22(16)13-4-2-1-3-5-13/h1-12,22,30H,(H,32,33). The number of alkyl halides is 3. The van der Waals surface area contributed by atoms with Crippen LogP contribution in [0.3, 0.4) is 0 Å². The average molecular weight is 464 g/mol. The van der Waals surface area contributed by atoms with Crippen LogP contribution in [0.2, 0.25) is 0 Å². The lowest BCUT2D eigenvalue weighted by Gasteiger charge is -2.21. The first kappa shape index (κ1) is 21.5. The van der Waals surface area contributed by atoms with Crippen molar-refractivity contribution in [1.82, 2.24) is 0 Å². The molecule has 1 atom stereocenters. The third-order valence-corrected chi connectivity index (χ3v) is 5.84. The van der Waals surface area contributed by atoms with Crippen LogP contribution in [0.15, 0.2) is 75.9 Å². The molecule has 8 heteroatoms. The van der Waals surface area contributed by atoms with Crippen molar-refractivity contribution in [3.63, 3.8) is 0 Å². The van der Waals surface area contributed by atoms with Crippen LogP contribution >= 0.6 is 0 Å². The number of aromatic hydroxyl groups is 1. The maximum absolute atomic E-state index is 13.5. The van der Waals surface area contributed by atoms with Crippen molar-refractivity contribution in [2.75, 3.05) is 0 Å². The smallest absolute Gasteiger partial charge is 0.416 e. The third-order valence-electron chi connectivity index (χ3n) is 5.84. The molecule has 5 rings (SSSR count). The Kier molecular flexibility index (Phi) is 4.82. The number of phenolic OH excluding ortho intramolecular Hbond substituents is 1. The van der Waals surface area contributed by atoms with Crippen LogP contribution in [0.5, 0.6) is 5.75 Å². The van der Waals surface area contributed by atoms with E-state index in [4.69, 9.17) is 4.42 Å². The molecule has 4 aromatic rings. The Morgan fingerprint density at radius 2 is 1.71 bits per heavy atom. The molecule has 0 radical (unpaired) electrons. The maximum Gasteiger partial charge on any atom is 0.416 e. The first-order valence-electron chi connectivity index (χ1n) is 10.2. The Hall–Kier alpha value is -4.33. The van der Waals surface area contributed by atoms with Gasteiger partial charge in [-0.2, -0.15) is 13.2 Å². The lowest BCUT2D eigenvalue weighted by atomic mass is 9.84. The van der Waals surface area contributed by atoms with Crippen molar-refractivity contribution in [3.8, 4) is 5.75 Å². The van der Waals surface area contributed by atoms with E-state index in [0.717, 1.165) is 18.2 Å². The molecule has 0 aliphatic heterocycles. The van der Waals surface area contributed by atoms with E-state index in [9.17, 15) is 33.0 Å². The molecule has 0 spiro atoms. The van der Waals surface area contributed by atoms with Gasteiger partial charge in [0.25, 0.3) is 0 Å². The van der Waals surface area contributed by atoms with E-state index >= 15 is 0 Å². The minimum Gasteiger partial charge on any atom is -0.508 e. The lowest BCUT2D eigenvalue weighted by Crippen LogP contribution is -2.14. The normalized spacial score (nSPS) is 15.3. The van der Waals surface area contributed by atoms with Gasteiger partial charge in [0, 0.05) is 6.07 Å². The molecule has 1 aromatic heterocycles. The highest BCUT2D eigenvalue weighted by molar-refractivity contribution is 6.21. The number of benzene rings is 3. The molecule has 1 aliphatic carbocycles. The van der Waals surface area contributed by atoms with Gasteiger partial charge >= 0.3 is 12.1 Å². The number of hydrogen-bond acceptors (Lipinski definition) is 4. The molecule has 0 saturated carbocycles. The molecule has 2 N–H and O–H groups in total. The number of carbonyl (C=O) groups is 1. The van der Waals surface area contributed by atoms with Crippen molar-refractivity contribution < 1.29 is 32.6 Å². The number of aliphatic carboxylic acids is 1. The summed E-state index contributed by atoms with van der Waals surface area (Å²) in [4.78, 5) is 25.6. The van der Waals surface area contributed by atoms with E-state index in [2.05, 4.69) is 0 Å². The lowest BCUT2D eigenvalue weighted by molar-refractivity contribution is -0.137. The number of carboxylic acids is 1. The molecular formula is C26H15F3O5. The molecule has 0 amide bonds. The van der Waals surface area contributed by atoms with Crippen molar-refractivity contribution in [2.45, 2.75) is 12.1 Å². The van der Waals surface area contributed by atoms with E-state index < -0.39 is 34.6 Å². The highest BCUT2D eigenvalue weighted by Gasteiger charge is 2.36. The van der Waals surface area contributed by atoms with Crippen LogP contribution in [0.1, 0.15) is 39.5 Å². The number of rotatable bonds is 2. The maximum atomic E-state index is 13.5. The van der Waals surface area contributed by atoms with Crippen LogP contribution in [-0.4, -0.2) is 16.2 Å². The number of fused-ring (bicyclic) bond motifs is 3. The molecule has 170 valence electrons. The van der Waals surface area contributed by atoms with Crippen molar-refractivity contribution in [1.29, 1.82) is 0 Å². The molecular weight excluding hydrogens is 449 g/mol. The molecule has 3 aromatic carbocycles. The second-order valence-electron chi connectivity index (χ2n) is 7.90. The highest BCUT2D eigenvalue weighted by Crippen LogP contribution is 2.44. The monoisotopic (exact) mass is 464 g/mol. The topological polar surface area (TPSA) is 87.7 Å². The SMILES string of the molecule is O=C(O)C1=Cc2c(oc3cc(O)ccc3c2=O)C(c2ccccc2)c2ccc(C(F)(F)F)cc21. The quantitative estimate of drug-likeness (QED) is 0.401. The number of hydrogen-bond donors (Lipinski definition) is 2. The Labute approximate surface area is 190 Å². The average Bonchev–Trinajstić information content (AvgIpc) is 2.93.